The number of ether oxygens (including phenoxy) is 1. The number of fused-ring (bicyclic) bond motifs is 1. The van der Waals surface area contributed by atoms with E-state index in [9.17, 15) is 9.90 Å². The van der Waals surface area contributed by atoms with Crippen LogP contribution >= 0.6 is 0 Å². The smallest absolute Gasteiger partial charge is 0.359 e. The quantitative estimate of drug-likeness (QED) is 0.737. The molecule has 0 unspecified atom stereocenters. The number of hydrogen-bond acceptors (Lipinski definition) is 4. The van der Waals surface area contributed by atoms with Gasteiger partial charge in [0.25, 0.3) is 0 Å². The average molecular weight is 324 g/mol. The summed E-state index contributed by atoms with van der Waals surface area (Å²) in [6.07, 6.45) is 0. The molecule has 24 heavy (non-hydrogen) atoms. The highest BCUT2D eigenvalue weighted by atomic mass is 16.5. The number of methoxy groups -OCH3 is 1. The van der Waals surface area contributed by atoms with Gasteiger partial charge in [-0.1, -0.05) is 12.1 Å². The van der Waals surface area contributed by atoms with Gasteiger partial charge in [0, 0.05) is 11.4 Å². The molecule has 2 aromatic carbocycles. The lowest BCUT2D eigenvalue weighted by atomic mass is 9.99. The van der Waals surface area contributed by atoms with Crippen molar-refractivity contribution in [2.75, 3.05) is 7.11 Å². The minimum Gasteiger partial charge on any atom is -0.508 e. The molecule has 0 radical (unpaired) electrons. The second-order valence-corrected chi connectivity index (χ2v) is 6.11. The molecular formula is C19H20N2O3. The fourth-order valence-corrected chi connectivity index (χ4v) is 2.92. The normalized spacial score (nSPS) is 11.2. The highest BCUT2D eigenvalue weighted by Gasteiger charge is 2.19. The van der Waals surface area contributed by atoms with E-state index in [-0.39, 0.29) is 11.8 Å². The monoisotopic (exact) mass is 324 g/mol. The summed E-state index contributed by atoms with van der Waals surface area (Å²) in [6.45, 7) is 6.00. The van der Waals surface area contributed by atoms with Crippen molar-refractivity contribution in [3.63, 3.8) is 0 Å². The van der Waals surface area contributed by atoms with Gasteiger partial charge in [-0.25, -0.2) is 4.79 Å². The number of nitrogens with zero attached hydrogens (tertiary/aromatic N) is 2. The standard InChI is InChI=1S/C19H20N2O3/c1-11(2)21-17-10-13(15-8-6-14(22)9-12(15)3)5-7-16(17)18(20-21)19(23)24-4/h5-11,22H,1-4H3. The Bertz CT molecular complexity index is 926. The van der Waals surface area contributed by atoms with Crippen LogP contribution in [0.25, 0.3) is 22.0 Å². The van der Waals surface area contributed by atoms with Gasteiger partial charge in [-0.2, -0.15) is 5.10 Å². The van der Waals surface area contributed by atoms with Gasteiger partial charge in [-0.05, 0) is 61.7 Å². The number of aromatic nitrogens is 2. The van der Waals surface area contributed by atoms with Crippen molar-refractivity contribution in [1.82, 2.24) is 9.78 Å². The van der Waals surface area contributed by atoms with Crippen molar-refractivity contribution in [3.05, 3.63) is 47.7 Å². The topological polar surface area (TPSA) is 64.3 Å². The van der Waals surface area contributed by atoms with Crippen molar-refractivity contribution >= 4 is 16.9 Å². The molecular weight excluding hydrogens is 304 g/mol. The number of esters is 1. The van der Waals surface area contributed by atoms with Crippen molar-refractivity contribution in [2.24, 2.45) is 0 Å². The van der Waals surface area contributed by atoms with E-state index in [0.29, 0.717) is 5.69 Å². The van der Waals surface area contributed by atoms with Crippen LogP contribution in [0.3, 0.4) is 0 Å². The Hall–Kier alpha value is -2.82. The molecule has 0 atom stereocenters. The molecule has 5 heteroatoms. The van der Waals surface area contributed by atoms with E-state index < -0.39 is 5.97 Å². The third kappa shape index (κ3) is 2.62. The molecule has 3 rings (SSSR count). The minimum atomic E-state index is -0.437. The number of carbonyl (C=O) groups excluding carboxylic acids is 1. The molecule has 0 spiro atoms. The first kappa shape index (κ1) is 16.1. The van der Waals surface area contributed by atoms with Gasteiger partial charge in [0.05, 0.1) is 12.6 Å². The zero-order valence-electron chi connectivity index (χ0n) is 14.2. The lowest BCUT2D eigenvalue weighted by Crippen LogP contribution is -2.06. The number of phenolic OH excluding ortho intramolecular Hbond substituents is 1. The zero-order chi connectivity index (χ0) is 17.4. The molecule has 124 valence electrons. The maximum Gasteiger partial charge on any atom is 0.359 e. The van der Waals surface area contributed by atoms with Crippen LogP contribution in [0.4, 0.5) is 0 Å². The number of aromatic hydroxyl groups is 1. The van der Waals surface area contributed by atoms with E-state index in [1.165, 1.54) is 7.11 Å². The summed E-state index contributed by atoms with van der Waals surface area (Å²) in [5, 5.41) is 14.8. The van der Waals surface area contributed by atoms with E-state index in [4.69, 9.17) is 4.74 Å². The summed E-state index contributed by atoms with van der Waals surface area (Å²) in [4.78, 5) is 12.0. The van der Waals surface area contributed by atoms with E-state index >= 15 is 0 Å². The highest BCUT2D eigenvalue weighted by Crippen LogP contribution is 2.31. The lowest BCUT2D eigenvalue weighted by Gasteiger charge is -2.10. The number of hydrogen-bond donors (Lipinski definition) is 1. The van der Waals surface area contributed by atoms with Crippen LogP contribution in [0, 0.1) is 6.92 Å². The van der Waals surface area contributed by atoms with Gasteiger partial charge < -0.3 is 9.84 Å². The fraction of sp³-hybridized carbons (Fsp3) is 0.263. The Morgan fingerprint density at radius 2 is 1.96 bits per heavy atom. The van der Waals surface area contributed by atoms with Crippen molar-refractivity contribution in [1.29, 1.82) is 0 Å². The first-order chi connectivity index (χ1) is 11.4. The summed E-state index contributed by atoms with van der Waals surface area (Å²) in [5.74, 6) is -0.189. The van der Waals surface area contributed by atoms with Gasteiger partial charge in [0.15, 0.2) is 5.69 Å². The van der Waals surface area contributed by atoms with Crippen LogP contribution in [0.5, 0.6) is 5.75 Å². The molecule has 1 heterocycles. The molecule has 0 aliphatic rings. The fourth-order valence-electron chi connectivity index (χ4n) is 2.92. The molecule has 0 fully saturated rings. The first-order valence-corrected chi connectivity index (χ1v) is 7.83. The van der Waals surface area contributed by atoms with Crippen molar-refractivity contribution < 1.29 is 14.6 Å². The molecule has 0 amide bonds. The molecule has 3 aromatic rings. The van der Waals surface area contributed by atoms with Crippen LogP contribution < -0.4 is 0 Å². The third-order valence-corrected chi connectivity index (χ3v) is 4.10. The van der Waals surface area contributed by atoms with E-state index in [2.05, 4.69) is 5.10 Å². The Morgan fingerprint density at radius 3 is 2.58 bits per heavy atom. The molecule has 0 aliphatic carbocycles. The second-order valence-electron chi connectivity index (χ2n) is 6.11. The van der Waals surface area contributed by atoms with Crippen molar-refractivity contribution in [2.45, 2.75) is 26.8 Å². The van der Waals surface area contributed by atoms with Crippen LogP contribution in [0.2, 0.25) is 0 Å². The molecule has 5 nitrogen and oxygen atoms in total. The summed E-state index contributed by atoms with van der Waals surface area (Å²) in [7, 11) is 1.36. The minimum absolute atomic E-state index is 0.113. The largest absolute Gasteiger partial charge is 0.508 e. The van der Waals surface area contributed by atoms with Gasteiger partial charge in [0.1, 0.15) is 5.75 Å². The number of carbonyl (C=O) groups is 1. The lowest BCUT2D eigenvalue weighted by molar-refractivity contribution is 0.0595. The Balaban J connectivity index is 2.23. The summed E-state index contributed by atoms with van der Waals surface area (Å²) >= 11 is 0. The van der Waals surface area contributed by atoms with E-state index in [1.807, 2.05) is 49.7 Å². The average Bonchev–Trinajstić information content (AvgIpc) is 2.93. The van der Waals surface area contributed by atoms with Crippen LogP contribution in [-0.2, 0) is 4.74 Å². The Labute approximate surface area is 140 Å². The van der Waals surface area contributed by atoms with Gasteiger partial charge in [0.2, 0.25) is 0 Å². The first-order valence-electron chi connectivity index (χ1n) is 7.83. The molecule has 0 saturated carbocycles. The summed E-state index contributed by atoms with van der Waals surface area (Å²) < 4.78 is 6.68. The molecule has 1 aromatic heterocycles. The summed E-state index contributed by atoms with van der Waals surface area (Å²) in [6, 6.07) is 11.3. The predicted molar refractivity (Wildman–Crippen MR) is 93.3 cm³/mol. The third-order valence-electron chi connectivity index (χ3n) is 4.10. The van der Waals surface area contributed by atoms with E-state index in [1.54, 1.807) is 12.1 Å². The van der Waals surface area contributed by atoms with Gasteiger partial charge in [-0.3, -0.25) is 4.68 Å². The number of benzene rings is 2. The molecule has 0 bridgehead atoms. The van der Waals surface area contributed by atoms with Crippen molar-refractivity contribution in [3.8, 4) is 16.9 Å². The Morgan fingerprint density at radius 1 is 1.21 bits per heavy atom. The van der Waals surface area contributed by atoms with E-state index in [0.717, 1.165) is 27.6 Å². The SMILES string of the molecule is COC(=O)c1nn(C(C)C)c2cc(-c3ccc(O)cc3C)ccc12. The number of phenols is 1. The number of aryl methyl sites for hydroxylation is 1. The zero-order valence-corrected chi connectivity index (χ0v) is 14.2. The van der Waals surface area contributed by atoms with Gasteiger partial charge >= 0.3 is 5.97 Å². The molecule has 0 aliphatic heterocycles. The second kappa shape index (κ2) is 6.00. The number of rotatable bonds is 3. The van der Waals surface area contributed by atoms with Crippen LogP contribution in [0.1, 0.15) is 35.9 Å². The molecule has 1 N–H and O–H groups in total. The maximum atomic E-state index is 12.0. The van der Waals surface area contributed by atoms with Crippen LogP contribution in [-0.4, -0.2) is 28.0 Å². The molecule has 0 saturated heterocycles. The van der Waals surface area contributed by atoms with Gasteiger partial charge in [-0.15, -0.1) is 0 Å². The summed E-state index contributed by atoms with van der Waals surface area (Å²) in [5.41, 5.74) is 4.24. The highest BCUT2D eigenvalue weighted by molar-refractivity contribution is 6.03. The Kier molecular flexibility index (Phi) is 4.01. The maximum absolute atomic E-state index is 12.0. The predicted octanol–water partition coefficient (Wildman–Crippen LogP) is 4.08. The van der Waals surface area contributed by atoms with Crippen LogP contribution in [0.15, 0.2) is 36.4 Å².